The number of rotatable bonds is 4. The molecule has 0 aliphatic carbocycles. The van der Waals surface area contributed by atoms with Gasteiger partial charge in [-0.25, -0.2) is 4.68 Å². The topological polar surface area (TPSA) is 77.2 Å². The minimum Gasteiger partial charge on any atom is -0.488 e. The summed E-state index contributed by atoms with van der Waals surface area (Å²) < 4.78 is 7.40. The van der Waals surface area contributed by atoms with Gasteiger partial charge < -0.3 is 9.84 Å². The molecule has 2 aromatic rings. The smallest absolute Gasteiger partial charge is 0.309 e. The maximum absolute atomic E-state index is 10.6. The number of aliphatic carboxylic acids is 1. The van der Waals surface area contributed by atoms with Gasteiger partial charge >= 0.3 is 5.97 Å². The van der Waals surface area contributed by atoms with Gasteiger partial charge in [0, 0.05) is 17.6 Å². The highest BCUT2D eigenvalue weighted by molar-refractivity contribution is 6.30. The van der Waals surface area contributed by atoms with E-state index in [1.807, 2.05) is 12.1 Å². The molecule has 6 nitrogen and oxygen atoms in total. The standard InChI is InChI=1S/C13H12ClN3O3/c14-9-1-2-12-8(3-9)4-11(20-12)7-17-6-10(15-16-17)5-13(18)19/h1-3,6,11H,4-5,7H2,(H,18,19). The molecule has 1 unspecified atom stereocenters. The lowest BCUT2D eigenvalue weighted by Crippen LogP contribution is -2.21. The van der Waals surface area contributed by atoms with Crippen LogP contribution in [-0.4, -0.2) is 32.2 Å². The summed E-state index contributed by atoms with van der Waals surface area (Å²) in [4.78, 5) is 10.6. The average molecular weight is 294 g/mol. The highest BCUT2D eigenvalue weighted by Gasteiger charge is 2.23. The second-order valence-corrected chi connectivity index (χ2v) is 5.13. The molecule has 0 amide bonds. The summed E-state index contributed by atoms with van der Waals surface area (Å²) in [5.74, 6) is -0.0820. The van der Waals surface area contributed by atoms with Crippen molar-refractivity contribution in [3.8, 4) is 5.75 Å². The average Bonchev–Trinajstić information content (AvgIpc) is 2.95. The van der Waals surface area contributed by atoms with Crippen molar-refractivity contribution >= 4 is 17.6 Å². The molecule has 104 valence electrons. The third kappa shape index (κ3) is 2.75. The van der Waals surface area contributed by atoms with E-state index in [-0.39, 0.29) is 12.5 Å². The highest BCUT2D eigenvalue weighted by Crippen LogP contribution is 2.31. The number of hydrogen-bond acceptors (Lipinski definition) is 4. The Labute approximate surface area is 119 Å². The molecule has 0 saturated carbocycles. The molecule has 1 aromatic carbocycles. The third-order valence-corrected chi connectivity index (χ3v) is 3.31. The molecule has 0 radical (unpaired) electrons. The SMILES string of the molecule is O=C(O)Cc1cn(CC2Cc3cc(Cl)ccc3O2)nn1. The van der Waals surface area contributed by atoms with Crippen LogP contribution in [0.2, 0.25) is 5.02 Å². The van der Waals surface area contributed by atoms with Crippen molar-refractivity contribution in [2.45, 2.75) is 25.5 Å². The van der Waals surface area contributed by atoms with Crippen molar-refractivity contribution in [3.63, 3.8) is 0 Å². The van der Waals surface area contributed by atoms with E-state index in [0.29, 0.717) is 17.3 Å². The van der Waals surface area contributed by atoms with Crippen molar-refractivity contribution in [1.82, 2.24) is 15.0 Å². The van der Waals surface area contributed by atoms with E-state index in [9.17, 15) is 4.79 Å². The first kappa shape index (κ1) is 12.9. The summed E-state index contributed by atoms with van der Waals surface area (Å²) in [6.07, 6.45) is 2.22. The van der Waals surface area contributed by atoms with Gasteiger partial charge in [-0.15, -0.1) is 5.10 Å². The molecule has 1 aromatic heterocycles. The Morgan fingerprint density at radius 1 is 1.55 bits per heavy atom. The number of carbonyl (C=O) groups is 1. The van der Waals surface area contributed by atoms with Crippen LogP contribution < -0.4 is 4.74 Å². The van der Waals surface area contributed by atoms with Crippen molar-refractivity contribution in [3.05, 3.63) is 40.7 Å². The Morgan fingerprint density at radius 3 is 3.20 bits per heavy atom. The van der Waals surface area contributed by atoms with Gasteiger partial charge in [0.2, 0.25) is 0 Å². The molecule has 1 aliphatic rings. The summed E-state index contributed by atoms with van der Waals surface area (Å²) in [5.41, 5.74) is 1.52. The minimum atomic E-state index is -0.920. The lowest BCUT2D eigenvalue weighted by Gasteiger charge is -2.09. The number of hydrogen-bond donors (Lipinski definition) is 1. The van der Waals surface area contributed by atoms with Crippen molar-refractivity contribution in [1.29, 1.82) is 0 Å². The Hall–Kier alpha value is -2.08. The molecule has 7 heteroatoms. The fourth-order valence-corrected chi connectivity index (χ4v) is 2.46. The molecule has 3 rings (SSSR count). The summed E-state index contributed by atoms with van der Waals surface area (Å²) >= 11 is 5.94. The first-order valence-electron chi connectivity index (χ1n) is 6.16. The monoisotopic (exact) mass is 293 g/mol. The normalized spacial score (nSPS) is 16.8. The molecule has 1 atom stereocenters. The van der Waals surface area contributed by atoms with Gasteiger partial charge in [-0.05, 0) is 23.8 Å². The van der Waals surface area contributed by atoms with E-state index >= 15 is 0 Å². The fourth-order valence-electron chi connectivity index (χ4n) is 2.26. The zero-order valence-corrected chi connectivity index (χ0v) is 11.2. The molecule has 2 heterocycles. The number of halogens is 1. The Balaban J connectivity index is 1.65. The van der Waals surface area contributed by atoms with E-state index < -0.39 is 5.97 Å². The van der Waals surface area contributed by atoms with E-state index in [1.54, 1.807) is 16.9 Å². The molecular formula is C13H12ClN3O3. The number of aromatic nitrogens is 3. The van der Waals surface area contributed by atoms with Gasteiger partial charge in [0.15, 0.2) is 0 Å². The van der Waals surface area contributed by atoms with Crippen molar-refractivity contribution in [2.75, 3.05) is 0 Å². The maximum Gasteiger partial charge on any atom is 0.309 e. The van der Waals surface area contributed by atoms with E-state index in [1.165, 1.54) is 0 Å². The largest absolute Gasteiger partial charge is 0.488 e. The molecule has 20 heavy (non-hydrogen) atoms. The van der Waals surface area contributed by atoms with Crippen LogP contribution in [0.15, 0.2) is 24.4 Å². The van der Waals surface area contributed by atoms with Crippen molar-refractivity contribution in [2.24, 2.45) is 0 Å². The number of benzene rings is 1. The van der Waals surface area contributed by atoms with Crippen molar-refractivity contribution < 1.29 is 14.6 Å². The lowest BCUT2D eigenvalue weighted by atomic mass is 10.1. The Bertz CT molecular complexity index is 656. The van der Waals surface area contributed by atoms with Crippen LogP contribution in [0.3, 0.4) is 0 Å². The second-order valence-electron chi connectivity index (χ2n) is 4.70. The van der Waals surface area contributed by atoms with Gasteiger partial charge in [0.1, 0.15) is 11.9 Å². The van der Waals surface area contributed by atoms with E-state index in [2.05, 4.69) is 10.3 Å². The zero-order valence-electron chi connectivity index (χ0n) is 10.5. The highest BCUT2D eigenvalue weighted by atomic mass is 35.5. The molecule has 0 spiro atoms. The zero-order chi connectivity index (χ0) is 14.1. The third-order valence-electron chi connectivity index (χ3n) is 3.07. The number of ether oxygens (including phenoxy) is 1. The Kier molecular flexibility index (Phi) is 3.31. The quantitative estimate of drug-likeness (QED) is 0.926. The summed E-state index contributed by atoms with van der Waals surface area (Å²) in [6.45, 7) is 0.527. The minimum absolute atomic E-state index is 0.0390. The Morgan fingerprint density at radius 2 is 2.40 bits per heavy atom. The van der Waals surface area contributed by atoms with Gasteiger partial charge in [-0.3, -0.25) is 4.79 Å². The van der Waals surface area contributed by atoms with Gasteiger partial charge in [0.05, 0.1) is 18.7 Å². The predicted molar refractivity (Wildman–Crippen MR) is 70.9 cm³/mol. The van der Waals surface area contributed by atoms with Crippen LogP contribution in [0.1, 0.15) is 11.3 Å². The number of carboxylic acids is 1. The lowest BCUT2D eigenvalue weighted by molar-refractivity contribution is -0.136. The van der Waals surface area contributed by atoms with Gasteiger partial charge in [-0.1, -0.05) is 16.8 Å². The van der Waals surface area contributed by atoms with Gasteiger partial charge in [-0.2, -0.15) is 0 Å². The first-order chi connectivity index (χ1) is 9.60. The van der Waals surface area contributed by atoms with Gasteiger partial charge in [0.25, 0.3) is 0 Å². The molecule has 0 fully saturated rings. The molecule has 1 aliphatic heterocycles. The van der Waals surface area contributed by atoms with Crippen LogP contribution in [-0.2, 0) is 24.2 Å². The number of nitrogens with zero attached hydrogens (tertiary/aromatic N) is 3. The van der Waals surface area contributed by atoms with Crippen LogP contribution in [0.25, 0.3) is 0 Å². The van der Waals surface area contributed by atoms with Crippen LogP contribution in [0.4, 0.5) is 0 Å². The van der Waals surface area contributed by atoms with Crippen LogP contribution in [0.5, 0.6) is 5.75 Å². The van der Waals surface area contributed by atoms with Crippen LogP contribution in [0, 0.1) is 0 Å². The second kappa shape index (κ2) is 5.13. The molecule has 0 bridgehead atoms. The first-order valence-corrected chi connectivity index (χ1v) is 6.54. The van der Waals surface area contributed by atoms with E-state index in [4.69, 9.17) is 21.4 Å². The number of fused-ring (bicyclic) bond motifs is 1. The van der Waals surface area contributed by atoms with E-state index in [0.717, 1.165) is 17.7 Å². The maximum atomic E-state index is 10.6. The number of carboxylic acid groups (broad SMARTS) is 1. The fraction of sp³-hybridized carbons (Fsp3) is 0.308. The molecule has 1 N–H and O–H groups in total. The predicted octanol–water partition coefficient (Wildman–Crippen LogP) is 1.56. The summed E-state index contributed by atoms with van der Waals surface area (Å²) in [7, 11) is 0. The van der Waals surface area contributed by atoms with Crippen LogP contribution >= 0.6 is 11.6 Å². The summed E-state index contributed by atoms with van der Waals surface area (Å²) in [5, 5.41) is 17.1. The summed E-state index contributed by atoms with van der Waals surface area (Å²) in [6, 6.07) is 5.55. The molecular weight excluding hydrogens is 282 g/mol. The molecule has 0 saturated heterocycles.